The number of hydrogen-bond donors (Lipinski definition) is 1. The highest BCUT2D eigenvalue weighted by Gasteiger charge is 2.51. The van der Waals surface area contributed by atoms with Crippen molar-refractivity contribution in [2.24, 2.45) is 5.41 Å². The standard InChI is InChI=1S/C42H48F5N7O5S/c1-21-18-54(38(56)59-40(6,7)8)22(2)17-53(21)34-25-14-27(42(45,46)47)30(31(44)32(25)49-36(50-34)57-19-23-15-41(12-13-41)20-52(23)9)24-10-11-28(43)33-29(24)26(16-48)35(60-33)51-37(55)58-39(3,4)5/h10-11,14,21-23H,12-13,15,17-20H2,1-9H3,(H,51,55)/t21-,22+,23-/m0/s1. The molecule has 4 aromatic rings. The van der Waals surface area contributed by atoms with E-state index in [0.29, 0.717) is 11.3 Å². The Morgan fingerprint density at radius 3 is 2.30 bits per heavy atom. The summed E-state index contributed by atoms with van der Waals surface area (Å²) in [5.74, 6) is -2.34. The zero-order chi connectivity index (χ0) is 43.9. The number of fused-ring (bicyclic) bond motifs is 2. The maximum absolute atomic E-state index is 17.5. The predicted octanol–water partition coefficient (Wildman–Crippen LogP) is 9.72. The number of aromatic nitrogens is 2. The van der Waals surface area contributed by atoms with E-state index in [0.717, 1.165) is 44.0 Å². The summed E-state index contributed by atoms with van der Waals surface area (Å²) in [6.07, 6.45) is -3.62. The van der Waals surface area contributed by atoms with E-state index in [9.17, 15) is 14.9 Å². The highest BCUT2D eigenvalue weighted by atomic mass is 32.1. The normalized spacial score (nSPS) is 20.8. The Morgan fingerprint density at radius 1 is 1.02 bits per heavy atom. The molecule has 0 radical (unpaired) electrons. The monoisotopic (exact) mass is 857 g/mol. The molecule has 0 unspecified atom stereocenters. The number of piperazine rings is 1. The summed E-state index contributed by atoms with van der Waals surface area (Å²) in [5, 5.41) is 11.9. The second kappa shape index (κ2) is 15.2. The molecule has 2 saturated heterocycles. The molecule has 3 atom stereocenters. The van der Waals surface area contributed by atoms with E-state index in [1.54, 1.807) is 60.3 Å². The van der Waals surface area contributed by atoms with Crippen molar-refractivity contribution in [3.05, 3.63) is 41.0 Å². The average molecular weight is 858 g/mol. The van der Waals surface area contributed by atoms with E-state index in [-0.39, 0.29) is 69.0 Å². The Balaban J connectivity index is 1.40. The van der Waals surface area contributed by atoms with Crippen molar-refractivity contribution in [3.63, 3.8) is 0 Å². The van der Waals surface area contributed by atoms with E-state index in [2.05, 4.69) is 20.2 Å². The minimum Gasteiger partial charge on any atom is -0.462 e. The molecule has 18 heteroatoms. The van der Waals surface area contributed by atoms with Crippen molar-refractivity contribution in [2.45, 2.75) is 110 Å². The number of nitrogens with zero attached hydrogens (tertiary/aromatic N) is 6. The summed E-state index contributed by atoms with van der Waals surface area (Å²) in [5.41, 5.74) is -5.20. The number of amides is 2. The molecule has 0 bridgehead atoms. The van der Waals surface area contributed by atoms with Gasteiger partial charge in [0, 0.05) is 54.1 Å². The van der Waals surface area contributed by atoms with Gasteiger partial charge >= 0.3 is 24.4 Å². The van der Waals surface area contributed by atoms with Crippen molar-refractivity contribution < 1.29 is 45.8 Å². The minimum atomic E-state index is -5.18. The van der Waals surface area contributed by atoms with Gasteiger partial charge in [-0.3, -0.25) is 10.2 Å². The smallest absolute Gasteiger partial charge is 0.417 e. The van der Waals surface area contributed by atoms with Crippen LogP contribution in [0.25, 0.3) is 32.1 Å². The molecule has 1 aliphatic carbocycles. The fraction of sp³-hybridized carbons (Fsp3) is 0.548. The van der Waals surface area contributed by atoms with Gasteiger partial charge in [-0.1, -0.05) is 6.07 Å². The lowest BCUT2D eigenvalue weighted by molar-refractivity contribution is -0.137. The number of benzene rings is 2. The van der Waals surface area contributed by atoms with Crippen molar-refractivity contribution in [2.75, 3.05) is 43.5 Å². The molecule has 4 heterocycles. The number of ether oxygens (including phenoxy) is 3. The molecule has 7 rings (SSSR count). The second-order valence-electron chi connectivity index (χ2n) is 18.2. The number of rotatable bonds is 6. The second-order valence-corrected chi connectivity index (χ2v) is 19.3. The highest BCUT2D eigenvalue weighted by Crippen LogP contribution is 2.54. The quantitative estimate of drug-likeness (QED) is 0.187. The first kappa shape index (κ1) is 43.1. The number of likely N-dealkylation sites (tertiary alicyclic amines) is 1. The fourth-order valence-corrected chi connectivity index (χ4v) is 9.27. The molecule has 60 heavy (non-hydrogen) atoms. The van der Waals surface area contributed by atoms with Crippen LogP contribution in [0.1, 0.15) is 85.8 Å². The molecule has 322 valence electrons. The largest absolute Gasteiger partial charge is 0.462 e. The van der Waals surface area contributed by atoms with Crippen LogP contribution in [-0.4, -0.2) is 94.6 Å². The summed E-state index contributed by atoms with van der Waals surface area (Å²) in [4.78, 5) is 40.4. The zero-order valence-corrected chi connectivity index (χ0v) is 35.8. The summed E-state index contributed by atoms with van der Waals surface area (Å²) >= 11 is 0.607. The van der Waals surface area contributed by atoms with E-state index in [4.69, 9.17) is 14.2 Å². The van der Waals surface area contributed by atoms with E-state index >= 15 is 22.0 Å². The number of hydrogen-bond acceptors (Lipinski definition) is 11. The van der Waals surface area contributed by atoms with Crippen molar-refractivity contribution >= 4 is 55.3 Å². The fourth-order valence-electron chi connectivity index (χ4n) is 8.20. The summed E-state index contributed by atoms with van der Waals surface area (Å²) in [7, 11) is 1.99. The number of anilines is 2. The highest BCUT2D eigenvalue weighted by molar-refractivity contribution is 7.23. The Bertz CT molecular complexity index is 2420. The summed E-state index contributed by atoms with van der Waals surface area (Å²) in [6, 6.07) is 3.19. The van der Waals surface area contributed by atoms with Crippen LogP contribution in [0.15, 0.2) is 18.2 Å². The van der Waals surface area contributed by atoms with Gasteiger partial charge in [0.25, 0.3) is 0 Å². The number of thiophene rings is 1. The van der Waals surface area contributed by atoms with Crippen LogP contribution < -0.4 is 15.0 Å². The molecule has 3 fully saturated rings. The van der Waals surface area contributed by atoms with Gasteiger partial charge in [0.15, 0.2) is 5.82 Å². The maximum atomic E-state index is 17.5. The first-order valence-corrected chi connectivity index (χ1v) is 20.6. The summed E-state index contributed by atoms with van der Waals surface area (Å²) in [6.45, 7) is 14.8. The van der Waals surface area contributed by atoms with Crippen molar-refractivity contribution in [1.29, 1.82) is 5.26 Å². The molecular formula is C42H48F5N7O5S. The molecule has 1 N–H and O–H groups in total. The number of likely N-dealkylation sites (N-methyl/N-ethyl adjacent to an activating group) is 1. The van der Waals surface area contributed by atoms with Crippen LogP contribution in [0.2, 0.25) is 0 Å². The van der Waals surface area contributed by atoms with E-state index in [1.165, 1.54) is 4.90 Å². The number of alkyl halides is 3. The van der Waals surface area contributed by atoms with Crippen LogP contribution in [0.4, 0.5) is 42.4 Å². The third kappa shape index (κ3) is 8.47. The maximum Gasteiger partial charge on any atom is 0.417 e. The first-order valence-electron chi connectivity index (χ1n) is 19.7. The molecule has 12 nitrogen and oxygen atoms in total. The molecule has 2 aliphatic heterocycles. The van der Waals surface area contributed by atoms with Gasteiger partial charge < -0.3 is 24.0 Å². The van der Waals surface area contributed by atoms with Gasteiger partial charge in [0.2, 0.25) is 0 Å². The first-order chi connectivity index (χ1) is 27.9. The Kier molecular flexibility index (Phi) is 10.9. The predicted molar refractivity (Wildman–Crippen MR) is 217 cm³/mol. The lowest BCUT2D eigenvalue weighted by atomic mass is 9.92. The van der Waals surface area contributed by atoms with Gasteiger partial charge in [-0.05, 0) is 105 Å². The van der Waals surface area contributed by atoms with Crippen LogP contribution in [0.5, 0.6) is 6.01 Å². The van der Waals surface area contributed by atoms with Gasteiger partial charge in [-0.2, -0.15) is 28.4 Å². The number of carbonyl (C=O) groups is 2. The lowest BCUT2D eigenvalue weighted by Gasteiger charge is -2.45. The third-order valence-corrected chi connectivity index (χ3v) is 12.2. The number of nitriles is 1. The Hall–Kier alpha value is -5.02. The van der Waals surface area contributed by atoms with Crippen LogP contribution >= 0.6 is 11.3 Å². The molecular weight excluding hydrogens is 810 g/mol. The molecule has 1 spiro atoms. The van der Waals surface area contributed by atoms with Gasteiger partial charge in [0.05, 0.1) is 15.8 Å². The zero-order valence-electron chi connectivity index (χ0n) is 34.9. The third-order valence-electron chi connectivity index (χ3n) is 11.1. The van der Waals surface area contributed by atoms with Crippen LogP contribution in [0, 0.1) is 28.4 Å². The molecule has 2 aromatic carbocycles. The SMILES string of the molecule is C[C@@H]1CN(c2nc(OC[C@@H]3CC4(CC4)CN3C)nc3c(F)c(-c4ccc(F)c5sc(NC(=O)OC(C)(C)C)c(C#N)c45)c(C(F)(F)F)cc23)[C@@H](C)CN1C(=O)OC(C)(C)C. The molecule has 2 aromatic heterocycles. The van der Waals surface area contributed by atoms with Gasteiger partial charge in [-0.15, -0.1) is 11.3 Å². The van der Waals surface area contributed by atoms with Gasteiger partial charge in [-0.25, -0.2) is 18.4 Å². The minimum absolute atomic E-state index is 0.00134. The Labute approximate surface area is 348 Å². The number of halogens is 5. The average Bonchev–Trinajstić information content (AvgIpc) is 3.66. The molecule has 2 amide bonds. The Morgan fingerprint density at radius 2 is 1.70 bits per heavy atom. The van der Waals surface area contributed by atoms with E-state index in [1.807, 2.05) is 13.1 Å². The van der Waals surface area contributed by atoms with Crippen molar-refractivity contribution in [1.82, 2.24) is 19.8 Å². The topological polar surface area (TPSA) is 133 Å². The van der Waals surface area contributed by atoms with E-state index < -0.39 is 75.5 Å². The summed E-state index contributed by atoms with van der Waals surface area (Å²) < 4.78 is 96.0. The molecule has 1 saturated carbocycles. The van der Waals surface area contributed by atoms with Crippen molar-refractivity contribution in [3.8, 4) is 23.2 Å². The number of carbonyl (C=O) groups excluding carboxylic acids is 2. The molecule has 3 aliphatic rings. The van der Waals surface area contributed by atoms with Gasteiger partial charge in [0.1, 0.15) is 46.0 Å². The van der Waals surface area contributed by atoms with Crippen LogP contribution in [0.3, 0.4) is 0 Å². The van der Waals surface area contributed by atoms with Crippen LogP contribution in [-0.2, 0) is 15.7 Å². The number of nitrogens with one attached hydrogen (secondary N) is 1. The lowest BCUT2D eigenvalue weighted by Crippen LogP contribution is -2.59.